The summed E-state index contributed by atoms with van der Waals surface area (Å²) in [6.45, 7) is 7.60. The Hall–Kier alpha value is -1.68. The number of aryl methyl sites for hydroxylation is 1. The van der Waals surface area contributed by atoms with Gasteiger partial charge in [0.2, 0.25) is 0 Å². The van der Waals surface area contributed by atoms with Crippen molar-refractivity contribution in [2.45, 2.75) is 40.3 Å². The predicted octanol–water partition coefficient (Wildman–Crippen LogP) is 1.96. The lowest BCUT2D eigenvalue weighted by Gasteiger charge is -2.05. The minimum absolute atomic E-state index is 0.535. The van der Waals surface area contributed by atoms with Gasteiger partial charge in [-0.25, -0.2) is 0 Å². The molecule has 96 valence electrons. The van der Waals surface area contributed by atoms with Crippen LogP contribution < -0.4 is 5.73 Å². The van der Waals surface area contributed by atoms with Gasteiger partial charge in [-0.05, 0) is 37.5 Å². The van der Waals surface area contributed by atoms with E-state index >= 15 is 0 Å². The van der Waals surface area contributed by atoms with E-state index in [-0.39, 0.29) is 0 Å². The van der Waals surface area contributed by atoms with E-state index in [0.717, 1.165) is 29.9 Å². The Morgan fingerprint density at radius 2 is 2.06 bits per heavy atom. The number of hydrogen-bond acceptors (Lipinski definition) is 3. The molecule has 2 N–H and O–H groups in total. The topological polar surface area (TPSA) is 56.7 Å². The Labute approximate surface area is 108 Å². The van der Waals surface area contributed by atoms with E-state index in [1.807, 2.05) is 23.0 Å². The maximum atomic E-state index is 5.56. The number of nitrogens with zero attached hydrogens (tertiary/aromatic N) is 3. The van der Waals surface area contributed by atoms with Gasteiger partial charge in [0.05, 0.1) is 17.9 Å². The van der Waals surface area contributed by atoms with E-state index in [4.69, 9.17) is 5.73 Å². The molecule has 0 spiro atoms. The largest absolute Gasteiger partial charge is 0.326 e. The molecule has 0 amide bonds. The molecule has 2 aromatic heterocycles. The van der Waals surface area contributed by atoms with Crippen molar-refractivity contribution in [2.24, 2.45) is 5.73 Å². The fourth-order valence-corrected chi connectivity index (χ4v) is 2.22. The molecule has 18 heavy (non-hydrogen) atoms. The van der Waals surface area contributed by atoms with Gasteiger partial charge in [0, 0.05) is 18.4 Å². The molecule has 0 bridgehead atoms. The van der Waals surface area contributed by atoms with Crippen LogP contribution in [0.15, 0.2) is 18.3 Å². The van der Waals surface area contributed by atoms with Gasteiger partial charge < -0.3 is 5.73 Å². The molecule has 4 nitrogen and oxygen atoms in total. The predicted molar refractivity (Wildman–Crippen MR) is 72.3 cm³/mol. The van der Waals surface area contributed by atoms with Crippen molar-refractivity contribution < 1.29 is 0 Å². The summed E-state index contributed by atoms with van der Waals surface area (Å²) in [5, 5.41) is 4.57. The molecule has 0 radical (unpaired) electrons. The number of pyridine rings is 1. The molecule has 0 fully saturated rings. The van der Waals surface area contributed by atoms with Crippen LogP contribution in [0.5, 0.6) is 0 Å². The fourth-order valence-electron chi connectivity index (χ4n) is 2.22. The summed E-state index contributed by atoms with van der Waals surface area (Å²) in [5.74, 6) is 0. The second-order valence-corrected chi connectivity index (χ2v) is 4.52. The molecule has 0 aromatic carbocycles. The number of hydrogen-bond donors (Lipinski definition) is 1. The molecule has 2 rings (SSSR count). The van der Waals surface area contributed by atoms with E-state index in [9.17, 15) is 0 Å². The highest BCUT2D eigenvalue weighted by atomic mass is 15.3. The smallest absolute Gasteiger partial charge is 0.0834 e. The van der Waals surface area contributed by atoms with Crippen LogP contribution in [-0.2, 0) is 19.5 Å². The van der Waals surface area contributed by atoms with Gasteiger partial charge >= 0.3 is 0 Å². The van der Waals surface area contributed by atoms with Gasteiger partial charge in [0.1, 0.15) is 0 Å². The molecule has 2 aromatic rings. The number of nitrogens with two attached hydrogens (primary N) is 1. The van der Waals surface area contributed by atoms with Crippen LogP contribution in [0.4, 0.5) is 0 Å². The Kier molecular flexibility index (Phi) is 3.77. The lowest BCUT2D eigenvalue weighted by molar-refractivity contribution is 0.645. The highest BCUT2D eigenvalue weighted by Crippen LogP contribution is 2.14. The molecular weight excluding hydrogens is 224 g/mol. The monoisotopic (exact) mass is 244 g/mol. The standard InChI is InChI=1S/C14H20N4/c1-4-14-10(2)17-18(11(14)3)9-13-6-5-12(7-15)8-16-13/h5-6,8H,4,7,9,15H2,1-3H3. The molecule has 0 aliphatic heterocycles. The number of rotatable bonds is 4. The van der Waals surface area contributed by atoms with Gasteiger partial charge in [-0.15, -0.1) is 0 Å². The normalized spacial score (nSPS) is 10.9. The van der Waals surface area contributed by atoms with Gasteiger partial charge in [0.25, 0.3) is 0 Å². The highest BCUT2D eigenvalue weighted by Gasteiger charge is 2.10. The Morgan fingerprint density at radius 3 is 2.56 bits per heavy atom. The summed E-state index contributed by atoms with van der Waals surface area (Å²) < 4.78 is 2.03. The summed E-state index contributed by atoms with van der Waals surface area (Å²) in [7, 11) is 0. The van der Waals surface area contributed by atoms with E-state index in [1.165, 1.54) is 11.3 Å². The van der Waals surface area contributed by atoms with Gasteiger partial charge in [0.15, 0.2) is 0 Å². The first-order chi connectivity index (χ1) is 8.65. The van der Waals surface area contributed by atoms with Crippen molar-refractivity contribution >= 4 is 0 Å². The van der Waals surface area contributed by atoms with Crippen LogP contribution in [-0.4, -0.2) is 14.8 Å². The zero-order chi connectivity index (χ0) is 13.1. The van der Waals surface area contributed by atoms with Crippen molar-refractivity contribution in [2.75, 3.05) is 0 Å². The third kappa shape index (κ3) is 2.43. The van der Waals surface area contributed by atoms with E-state index in [1.54, 1.807) is 0 Å². The molecule has 0 saturated heterocycles. The minimum atomic E-state index is 0.535. The van der Waals surface area contributed by atoms with Crippen LogP contribution in [0.3, 0.4) is 0 Å². The second-order valence-electron chi connectivity index (χ2n) is 4.52. The minimum Gasteiger partial charge on any atom is -0.326 e. The lowest BCUT2D eigenvalue weighted by Crippen LogP contribution is -2.06. The quantitative estimate of drug-likeness (QED) is 0.894. The first kappa shape index (κ1) is 12.8. The van der Waals surface area contributed by atoms with Crippen molar-refractivity contribution in [1.82, 2.24) is 14.8 Å². The summed E-state index contributed by atoms with van der Waals surface area (Å²) in [5.41, 5.74) is 11.3. The van der Waals surface area contributed by atoms with Gasteiger partial charge in [-0.2, -0.15) is 5.10 Å². The average molecular weight is 244 g/mol. The van der Waals surface area contributed by atoms with E-state index in [2.05, 4.69) is 30.9 Å². The Balaban J connectivity index is 2.22. The fraction of sp³-hybridized carbons (Fsp3) is 0.429. The summed E-state index contributed by atoms with van der Waals surface area (Å²) in [4.78, 5) is 4.41. The summed E-state index contributed by atoms with van der Waals surface area (Å²) >= 11 is 0. The zero-order valence-corrected chi connectivity index (χ0v) is 11.3. The Bertz CT molecular complexity index is 525. The van der Waals surface area contributed by atoms with E-state index < -0.39 is 0 Å². The van der Waals surface area contributed by atoms with Crippen molar-refractivity contribution in [3.05, 3.63) is 46.5 Å². The SMILES string of the molecule is CCc1c(C)nn(Cc2ccc(CN)cn2)c1C. The van der Waals surface area contributed by atoms with Gasteiger partial charge in [-0.3, -0.25) is 9.67 Å². The van der Waals surface area contributed by atoms with Crippen LogP contribution >= 0.6 is 0 Å². The first-order valence-corrected chi connectivity index (χ1v) is 6.32. The molecule has 0 aliphatic carbocycles. The lowest BCUT2D eigenvalue weighted by atomic mass is 10.1. The van der Waals surface area contributed by atoms with Crippen LogP contribution in [0, 0.1) is 13.8 Å². The average Bonchev–Trinajstić information content (AvgIpc) is 2.65. The molecule has 0 unspecified atom stereocenters. The molecule has 0 aliphatic rings. The molecule has 2 heterocycles. The third-order valence-electron chi connectivity index (χ3n) is 3.32. The molecular formula is C14H20N4. The first-order valence-electron chi connectivity index (χ1n) is 6.32. The van der Waals surface area contributed by atoms with Crippen LogP contribution in [0.2, 0.25) is 0 Å². The maximum Gasteiger partial charge on any atom is 0.0834 e. The van der Waals surface area contributed by atoms with Gasteiger partial charge in [-0.1, -0.05) is 13.0 Å². The van der Waals surface area contributed by atoms with E-state index in [0.29, 0.717) is 6.54 Å². The van der Waals surface area contributed by atoms with Crippen molar-refractivity contribution in [1.29, 1.82) is 0 Å². The molecule has 0 saturated carbocycles. The Morgan fingerprint density at radius 1 is 1.28 bits per heavy atom. The summed E-state index contributed by atoms with van der Waals surface area (Å²) in [6.07, 6.45) is 2.86. The maximum absolute atomic E-state index is 5.56. The molecule has 4 heteroatoms. The van der Waals surface area contributed by atoms with Crippen LogP contribution in [0.25, 0.3) is 0 Å². The zero-order valence-electron chi connectivity index (χ0n) is 11.3. The van der Waals surface area contributed by atoms with Crippen LogP contribution in [0.1, 0.15) is 35.1 Å². The summed E-state index contributed by atoms with van der Waals surface area (Å²) in [6, 6.07) is 4.04. The van der Waals surface area contributed by atoms with Crippen molar-refractivity contribution in [3.8, 4) is 0 Å². The number of aromatic nitrogens is 3. The van der Waals surface area contributed by atoms with Crippen molar-refractivity contribution in [3.63, 3.8) is 0 Å². The highest BCUT2D eigenvalue weighted by molar-refractivity contribution is 5.25. The second kappa shape index (κ2) is 5.31. The third-order valence-corrected chi connectivity index (χ3v) is 3.32. The molecule has 0 atom stereocenters.